The van der Waals surface area contributed by atoms with Crippen molar-refractivity contribution in [3.63, 3.8) is 0 Å². The zero-order valence-electron chi connectivity index (χ0n) is 10.2. The summed E-state index contributed by atoms with van der Waals surface area (Å²) >= 11 is 0. The molecule has 6 nitrogen and oxygen atoms in total. The molecular weight excluding hydrogens is 236 g/mol. The van der Waals surface area contributed by atoms with E-state index in [4.69, 9.17) is 10.2 Å². The Morgan fingerprint density at radius 3 is 2.61 bits per heavy atom. The number of carboxylic acid groups (broad SMARTS) is 1. The van der Waals surface area contributed by atoms with Crippen LogP contribution in [-0.4, -0.2) is 34.9 Å². The van der Waals surface area contributed by atoms with Gasteiger partial charge in [-0.05, 0) is 31.0 Å². The normalized spacial score (nSPS) is 11.7. The summed E-state index contributed by atoms with van der Waals surface area (Å²) in [6.07, 6.45) is -1.60. The van der Waals surface area contributed by atoms with Crippen molar-refractivity contribution in [1.82, 2.24) is 5.32 Å². The monoisotopic (exact) mass is 252 g/mol. The average Bonchev–Trinajstić information content (AvgIpc) is 2.32. The van der Waals surface area contributed by atoms with Crippen molar-refractivity contribution < 1.29 is 19.8 Å². The van der Waals surface area contributed by atoms with E-state index in [-0.39, 0.29) is 6.54 Å². The van der Waals surface area contributed by atoms with E-state index in [1.54, 1.807) is 6.07 Å². The number of anilines is 1. The molecule has 4 N–H and O–H groups in total. The SMILES string of the molecule is Cc1cccc(NC(=O)NCC(O)C(=O)O)c1C. The van der Waals surface area contributed by atoms with Gasteiger partial charge in [-0.3, -0.25) is 0 Å². The predicted octanol–water partition coefficient (Wildman–Crippen LogP) is 0.870. The first-order valence-corrected chi connectivity index (χ1v) is 5.43. The third kappa shape index (κ3) is 3.74. The second-order valence-corrected chi connectivity index (χ2v) is 3.94. The molecule has 0 bridgehead atoms. The van der Waals surface area contributed by atoms with Crippen molar-refractivity contribution in [3.8, 4) is 0 Å². The van der Waals surface area contributed by atoms with Crippen molar-refractivity contribution in [2.75, 3.05) is 11.9 Å². The molecule has 1 atom stereocenters. The number of aliphatic carboxylic acids is 1. The van der Waals surface area contributed by atoms with E-state index in [1.807, 2.05) is 26.0 Å². The Labute approximate surface area is 105 Å². The third-order valence-corrected chi connectivity index (χ3v) is 2.59. The molecule has 2 amide bonds. The van der Waals surface area contributed by atoms with Gasteiger partial charge in [0.25, 0.3) is 0 Å². The van der Waals surface area contributed by atoms with E-state index < -0.39 is 18.1 Å². The van der Waals surface area contributed by atoms with E-state index >= 15 is 0 Å². The molecule has 1 aromatic carbocycles. The minimum Gasteiger partial charge on any atom is -0.479 e. The number of carboxylic acids is 1. The Bertz CT molecular complexity index is 459. The van der Waals surface area contributed by atoms with E-state index in [1.165, 1.54) is 0 Å². The largest absolute Gasteiger partial charge is 0.479 e. The number of hydrogen-bond donors (Lipinski definition) is 4. The molecule has 0 saturated carbocycles. The molecule has 6 heteroatoms. The van der Waals surface area contributed by atoms with Gasteiger partial charge in [0.15, 0.2) is 6.10 Å². The Balaban J connectivity index is 2.55. The van der Waals surface area contributed by atoms with Crippen molar-refractivity contribution in [2.24, 2.45) is 0 Å². The molecule has 0 aliphatic carbocycles. The molecule has 0 aliphatic heterocycles. The summed E-state index contributed by atoms with van der Waals surface area (Å²) in [4.78, 5) is 21.8. The maximum absolute atomic E-state index is 11.5. The van der Waals surface area contributed by atoms with Crippen LogP contribution in [0.25, 0.3) is 0 Å². The lowest BCUT2D eigenvalue weighted by Gasteiger charge is -2.12. The van der Waals surface area contributed by atoms with Crippen LogP contribution in [-0.2, 0) is 4.79 Å². The van der Waals surface area contributed by atoms with Gasteiger partial charge in [0.2, 0.25) is 0 Å². The van der Waals surface area contributed by atoms with Crippen LogP contribution in [0.15, 0.2) is 18.2 Å². The Hall–Kier alpha value is -2.08. The number of carbonyl (C=O) groups excluding carboxylic acids is 1. The summed E-state index contributed by atoms with van der Waals surface area (Å²) in [5.41, 5.74) is 2.63. The van der Waals surface area contributed by atoms with Crippen LogP contribution in [0, 0.1) is 13.8 Å². The van der Waals surface area contributed by atoms with Crippen LogP contribution in [0.2, 0.25) is 0 Å². The maximum atomic E-state index is 11.5. The van der Waals surface area contributed by atoms with Gasteiger partial charge in [-0.15, -0.1) is 0 Å². The first kappa shape index (κ1) is 14.0. The first-order chi connectivity index (χ1) is 8.41. The summed E-state index contributed by atoms with van der Waals surface area (Å²) in [6, 6.07) is 4.93. The Morgan fingerprint density at radius 1 is 1.33 bits per heavy atom. The molecule has 0 fully saturated rings. The van der Waals surface area contributed by atoms with E-state index in [0.717, 1.165) is 11.1 Å². The predicted molar refractivity (Wildman–Crippen MR) is 66.6 cm³/mol. The van der Waals surface area contributed by atoms with Crippen molar-refractivity contribution in [2.45, 2.75) is 20.0 Å². The summed E-state index contributed by atoms with van der Waals surface area (Å²) < 4.78 is 0. The summed E-state index contributed by atoms with van der Waals surface area (Å²) in [5.74, 6) is -1.37. The number of nitrogens with one attached hydrogen (secondary N) is 2. The summed E-state index contributed by atoms with van der Waals surface area (Å²) in [6.45, 7) is 3.45. The topological polar surface area (TPSA) is 98.7 Å². The Kier molecular flexibility index (Phi) is 4.67. The van der Waals surface area contributed by atoms with Gasteiger partial charge in [-0.25, -0.2) is 9.59 Å². The highest BCUT2D eigenvalue weighted by Gasteiger charge is 2.14. The van der Waals surface area contributed by atoms with Crippen LogP contribution >= 0.6 is 0 Å². The molecule has 0 aliphatic rings. The molecule has 0 spiro atoms. The molecular formula is C12H16N2O4. The minimum absolute atomic E-state index is 0.341. The van der Waals surface area contributed by atoms with Crippen LogP contribution in [0.4, 0.5) is 10.5 Å². The highest BCUT2D eigenvalue weighted by atomic mass is 16.4. The number of aliphatic hydroxyl groups excluding tert-OH is 1. The molecule has 1 aromatic rings. The molecule has 1 unspecified atom stereocenters. The smallest absolute Gasteiger partial charge is 0.334 e. The fraction of sp³-hybridized carbons (Fsp3) is 0.333. The molecule has 18 heavy (non-hydrogen) atoms. The van der Waals surface area contributed by atoms with Gasteiger partial charge in [-0.2, -0.15) is 0 Å². The first-order valence-electron chi connectivity index (χ1n) is 5.43. The highest BCUT2D eigenvalue weighted by Crippen LogP contribution is 2.17. The van der Waals surface area contributed by atoms with E-state index in [9.17, 15) is 9.59 Å². The number of urea groups is 1. The number of aryl methyl sites for hydroxylation is 1. The standard InChI is InChI=1S/C12H16N2O4/c1-7-4-3-5-9(8(7)2)14-12(18)13-6-10(15)11(16)17/h3-5,10,15H,6H2,1-2H3,(H,16,17)(H2,13,14,18). The quantitative estimate of drug-likeness (QED) is 0.639. The van der Waals surface area contributed by atoms with Crippen LogP contribution in [0.1, 0.15) is 11.1 Å². The van der Waals surface area contributed by atoms with Gasteiger partial charge in [0.1, 0.15) is 0 Å². The van der Waals surface area contributed by atoms with Gasteiger partial charge in [0.05, 0.1) is 6.54 Å². The molecule has 0 heterocycles. The second kappa shape index (κ2) is 6.02. The number of aliphatic hydroxyl groups is 1. The van der Waals surface area contributed by atoms with Gasteiger partial charge < -0.3 is 20.8 Å². The van der Waals surface area contributed by atoms with Crippen molar-refractivity contribution >= 4 is 17.7 Å². The summed E-state index contributed by atoms with van der Waals surface area (Å²) in [7, 11) is 0. The number of hydrogen-bond acceptors (Lipinski definition) is 3. The second-order valence-electron chi connectivity index (χ2n) is 3.94. The average molecular weight is 252 g/mol. The Morgan fingerprint density at radius 2 is 2.00 bits per heavy atom. The highest BCUT2D eigenvalue weighted by molar-refractivity contribution is 5.90. The van der Waals surface area contributed by atoms with Crippen molar-refractivity contribution in [1.29, 1.82) is 0 Å². The lowest BCUT2D eigenvalue weighted by Crippen LogP contribution is -2.38. The van der Waals surface area contributed by atoms with E-state index in [2.05, 4.69) is 10.6 Å². The van der Waals surface area contributed by atoms with Gasteiger partial charge in [-0.1, -0.05) is 12.1 Å². The third-order valence-electron chi connectivity index (χ3n) is 2.59. The lowest BCUT2D eigenvalue weighted by atomic mass is 10.1. The van der Waals surface area contributed by atoms with Crippen LogP contribution < -0.4 is 10.6 Å². The van der Waals surface area contributed by atoms with Gasteiger partial charge >= 0.3 is 12.0 Å². The van der Waals surface area contributed by atoms with Crippen LogP contribution in [0.3, 0.4) is 0 Å². The van der Waals surface area contributed by atoms with Crippen LogP contribution in [0.5, 0.6) is 0 Å². The number of amides is 2. The number of benzene rings is 1. The summed E-state index contributed by atoms with van der Waals surface area (Å²) in [5, 5.41) is 22.3. The zero-order valence-corrected chi connectivity index (χ0v) is 10.2. The molecule has 0 aromatic heterocycles. The van der Waals surface area contributed by atoms with Crippen molar-refractivity contribution in [3.05, 3.63) is 29.3 Å². The zero-order chi connectivity index (χ0) is 13.7. The lowest BCUT2D eigenvalue weighted by molar-refractivity contribution is -0.146. The minimum atomic E-state index is -1.60. The molecule has 1 rings (SSSR count). The number of carbonyl (C=O) groups is 2. The molecule has 0 radical (unpaired) electrons. The fourth-order valence-corrected chi connectivity index (χ4v) is 1.33. The molecule has 0 saturated heterocycles. The number of rotatable bonds is 4. The van der Waals surface area contributed by atoms with E-state index in [0.29, 0.717) is 5.69 Å². The molecule has 98 valence electrons. The maximum Gasteiger partial charge on any atom is 0.334 e. The fourth-order valence-electron chi connectivity index (χ4n) is 1.33. The van der Waals surface area contributed by atoms with Gasteiger partial charge in [0, 0.05) is 5.69 Å².